The minimum absolute atomic E-state index is 0. The molecular weight excluding hydrogens is 256 g/mol. The Morgan fingerprint density at radius 1 is 0.789 bits per heavy atom. The van der Waals surface area contributed by atoms with Crippen LogP contribution in [-0.2, 0) is 14.2 Å². The Morgan fingerprint density at radius 2 is 1.21 bits per heavy atom. The van der Waals surface area contributed by atoms with Gasteiger partial charge in [0.05, 0.1) is 52.9 Å². The highest BCUT2D eigenvalue weighted by molar-refractivity contribution is 4.36. The zero-order valence-electron chi connectivity index (χ0n) is 10.0. The molecule has 1 fully saturated rings. The highest BCUT2D eigenvalue weighted by atomic mass is 16.6. The van der Waals surface area contributed by atoms with Crippen molar-refractivity contribution < 1.29 is 34.6 Å². The summed E-state index contributed by atoms with van der Waals surface area (Å²) in [6, 6.07) is 0. The standard InChI is InChI=1S/C6H13O4.C2H6O2.C2H4O.2CH4/c7-1-3-9-5-6-10-4-2-8;3-1-2-4;1-2-3-1;;/h7H,1-6H2;3-4H,1-2H2;1-2H2;2*1H4/q-1;;;;. The van der Waals surface area contributed by atoms with Crippen LogP contribution in [0.5, 0.6) is 0 Å². The van der Waals surface area contributed by atoms with Crippen LogP contribution in [0.25, 0.3) is 0 Å². The molecule has 0 aromatic carbocycles. The number of hydrogen-bond acceptors (Lipinski definition) is 7. The van der Waals surface area contributed by atoms with Crippen molar-refractivity contribution in [2.45, 2.75) is 14.9 Å². The van der Waals surface area contributed by atoms with Crippen molar-refractivity contribution in [3.63, 3.8) is 0 Å². The van der Waals surface area contributed by atoms with Crippen molar-refractivity contribution in [1.82, 2.24) is 0 Å². The average molecular weight is 287 g/mol. The molecule has 122 valence electrons. The first-order valence-electron chi connectivity index (χ1n) is 5.47. The molecule has 3 N–H and O–H groups in total. The van der Waals surface area contributed by atoms with Gasteiger partial charge in [-0.05, 0) is 0 Å². The third-order valence-electron chi connectivity index (χ3n) is 1.14. The van der Waals surface area contributed by atoms with Crippen molar-refractivity contribution in [2.75, 3.05) is 66.1 Å². The summed E-state index contributed by atoms with van der Waals surface area (Å²) in [5.41, 5.74) is 0. The Balaban J connectivity index is -0.000000104. The summed E-state index contributed by atoms with van der Waals surface area (Å²) in [7, 11) is 0. The van der Waals surface area contributed by atoms with Gasteiger partial charge in [-0.25, -0.2) is 0 Å². The van der Waals surface area contributed by atoms with Gasteiger partial charge in [0, 0.05) is 6.61 Å². The van der Waals surface area contributed by atoms with E-state index in [1.165, 1.54) is 0 Å². The van der Waals surface area contributed by atoms with E-state index in [9.17, 15) is 5.11 Å². The molecule has 0 aliphatic carbocycles. The maximum absolute atomic E-state index is 9.81. The van der Waals surface area contributed by atoms with Gasteiger partial charge in [0.1, 0.15) is 0 Å². The summed E-state index contributed by atoms with van der Waals surface area (Å²) in [6.07, 6.45) is 0. The van der Waals surface area contributed by atoms with Crippen LogP contribution in [0.3, 0.4) is 0 Å². The van der Waals surface area contributed by atoms with E-state index in [0.29, 0.717) is 19.8 Å². The van der Waals surface area contributed by atoms with Crippen LogP contribution in [-0.4, -0.2) is 81.4 Å². The lowest BCUT2D eigenvalue weighted by molar-refractivity contribution is -0.374. The molecule has 0 aromatic rings. The molecule has 7 nitrogen and oxygen atoms in total. The van der Waals surface area contributed by atoms with Crippen LogP contribution in [0.4, 0.5) is 0 Å². The van der Waals surface area contributed by atoms with Gasteiger partial charge < -0.3 is 34.6 Å². The zero-order valence-corrected chi connectivity index (χ0v) is 10.0. The minimum atomic E-state index is -0.208. The summed E-state index contributed by atoms with van der Waals surface area (Å²) in [5, 5.41) is 33.3. The van der Waals surface area contributed by atoms with Crippen molar-refractivity contribution >= 4 is 0 Å². The lowest BCUT2D eigenvalue weighted by Crippen LogP contribution is -2.15. The summed E-state index contributed by atoms with van der Waals surface area (Å²) in [6.45, 7) is 3.02. The maximum Gasteiger partial charge on any atom is 0.0701 e. The highest BCUT2D eigenvalue weighted by Gasteiger charge is 1.94. The molecule has 0 aromatic heterocycles. The van der Waals surface area contributed by atoms with Crippen LogP contribution < -0.4 is 5.11 Å². The van der Waals surface area contributed by atoms with E-state index in [0.717, 1.165) is 13.2 Å². The predicted octanol–water partition coefficient (Wildman–Crippen LogP) is -1.37. The molecule has 0 radical (unpaired) electrons. The van der Waals surface area contributed by atoms with E-state index >= 15 is 0 Å². The fraction of sp³-hybridized carbons (Fsp3) is 1.00. The number of hydrogen-bond donors (Lipinski definition) is 3. The quantitative estimate of drug-likeness (QED) is 0.373. The fourth-order valence-electron chi connectivity index (χ4n) is 0.445. The van der Waals surface area contributed by atoms with Crippen molar-refractivity contribution in [3.8, 4) is 0 Å². The van der Waals surface area contributed by atoms with Crippen LogP contribution in [0, 0.1) is 0 Å². The first kappa shape index (κ1) is 27.1. The van der Waals surface area contributed by atoms with Gasteiger partial charge in [0.25, 0.3) is 0 Å². The van der Waals surface area contributed by atoms with E-state index in [4.69, 9.17) is 24.8 Å². The monoisotopic (exact) mass is 287 g/mol. The van der Waals surface area contributed by atoms with Crippen molar-refractivity contribution in [2.24, 2.45) is 0 Å². The molecule has 0 amide bonds. The Hall–Kier alpha value is -0.280. The largest absolute Gasteiger partial charge is 0.853 e. The fourth-order valence-corrected chi connectivity index (χ4v) is 0.445. The molecule has 1 rings (SSSR count). The number of aliphatic hydroxyl groups is 3. The Kier molecular flexibility index (Phi) is 43.7. The SMILES string of the molecule is C.C.C1CO1.OCCO.[O-]CCOCCOCCO. The van der Waals surface area contributed by atoms with Gasteiger partial charge >= 0.3 is 0 Å². The minimum Gasteiger partial charge on any atom is -0.853 e. The molecule has 0 unspecified atom stereocenters. The predicted molar refractivity (Wildman–Crippen MR) is 72.0 cm³/mol. The molecule has 0 atom stereocenters. The van der Waals surface area contributed by atoms with E-state index in [1.54, 1.807) is 0 Å². The third kappa shape index (κ3) is 57.6. The summed E-state index contributed by atoms with van der Waals surface area (Å²) in [5.74, 6) is 0. The second-order valence-electron chi connectivity index (χ2n) is 2.71. The maximum atomic E-state index is 9.81. The van der Waals surface area contributed by atoms with Crippen LogP contribution in [0.15, 0.2) is 0 Å². The summed E-state index contributed by atoms with van der Waals surface area (Å²) in [4.78, 5) is 0. The number of aliphatic hydroxyl groups excluding tert-OH is 3. The molecule has 1 aliphatic heterocycles. The molecule has 0 bridgehead atoms. The second-order valence-corrected chi connectivity index (χ2v) is 2.71. The first-order chi connectivity index (χ1) is 8.33. The van der Waals surface area contributed by atoms with Gasteiger partial charge in [-0.3, -0.25) is 0 Å². The summed E-state index contributed by atoms with van der Waals surface area (Å²) >= 11 is 0. The highest BCUT2D eigenvalue weighted by Crippen LogP contribution is 1.84. The smallest absolute Gasteiger partial charge is 0.0701 e. The normalized spacial score (nSPS) is 10.7. The lowest BCUT2D eigenvalue weighted by atomic mass is 10.7. The molecule has 1 heterocycles. The van der Waals surface area contributed by atoms with Gasteiger partial charge in [-0.2, -0.15) is 0 Å². The van der Waals surface area contributed by atoms with E-state index < -0.39 is 0 Å². The number of epoxide rings is 1. The summed E-state index contributed by atoms with van der Waals surface area (Å²) < 4.78 is 14.2. The molecule has 1 saturated heterocycles. The van der Waals surface area contributed by atoms with Crippen LogP contribution in [0.2, 0.25) is 0 Å². The first-order valence-corrected chi connectivity index (χ1v) is 5.47. The number of rotatable bonds is 8. The number of ether oxygens (including phenoxy) is 3. The van der Waals surface area contributed by atoms with E-state index in [-0.39, 0.29) is 47.9 Å². The van der Waals surface area contributed by atoms with Gasteiger partial charge in [-0.15, -0.1) is 6.61 Å². The van der Waals surface area contributed by atoms with Crippen LogP contribution >= 0.6 is 0 Å². The average Bonchev–Trinajstić information content (AvgIpc) is 3.22. The third-order valence-corrected chi connectivity index (χ3v) is 1.14. The zero-order chi connectivity index (χ0) is 13.2. The Bertz CT molecular complexity index is 99.5. The molecule has 7 heteroatoms. The Labute approximate surface area is 116 Å². The second kappa shape index (κ2) is 30.6. The molecule has 0 saturated carbocycles. The van der Waals surface area contributed by atoms with E-state index in [1.807, 2.05) is 0 Å². The molecule has 1 aliphatic rings. The van der Waals surface area contributed by atoms with Gasteiger partial charge in [0.2, 0.25) is 0 Å². The lowest BCUT2D eigenvalue weighted by Gasteiger charge is -2.05. The molecular formula is C12H31O7-. The van der Waals surface area contributed by atoms with Crippen molar-refractivity contribution in [3.05, 3.63) is 0 Å². The van der Waals surface area contributed by atoms with Gasteiger partial charge in [0.15, 0.2) is 0 Å². The van der Waals surface area contributed by atoms with Crippen LogP contribution in [0.1, 0.15) is 14.9 Å². The topological polar surface area (TPSA) is 115 Å². The Morgan fingerprint density at radius 3 is 1.47 bits per heavy atom. The molecule has 19 heavy (non-hydrogen) atoms. The van der Waals surface area contributed by atoms with Crippen molar-refractivity contribution in [1.29, 1.82) is 0 Å². The molecule has 0 spiro atoms. The van der Waals surface area contributed by atoms with E-state index in [2.05, 4.69) is 4.74 Å². The van der Waals surface area contributed by atoms with Gasteiger partial charge in [-0.1, -0.05) is 14.9 Å².